The molecule has 0 fully saturated rings. The van der Waals surface area contributed by atoms with Crippen molar-refractivity contribution in [3.05, 3.63) is 35.9 Å². The Labute approximate surface area is 145 Å². The van der Waals surface area contributed by atoms with E-state index in [-0.39, 0.29) is 5.91 Å². The minimum absolute atomic E-state index is 0.0412. The van der Waals surface area contributed by atoms with Gasteiger partial charge < -0.3 is 20.7 Å². The lowest BCUT2D eigenvalue weighted by Crippen LogP contribution is -2.38. The fourth-order valence-corrected chi connectivity index (χ4v) is 2.03. The van der Waals surface area contributed by atoms with E-state index in [4.69, 9.17) is 4.74 Å². The quantitative estimate of drug-likeness (QED) is 0.328. The van der Waals surface area contributed by atoms with Crippen LogP contribution in [0.25, 0.3) is 0 Å². The van der Waals surface area contributed by atoms with Gasteiger partial charge in [-0.25, -0.2) is 0 Å². The molecule has 6 nitrogen and oxygen atoms in total. The second kappa shape index (κ2) is 13.4. The predicted octanol–water partition coefficient (Wildman–Crippen LogP) is 1.79. The maximum atomic E-state index is 11.9. The first-order chi connectivity index (χ1) is 11.8. The van der Waals surface area contributed by atoms with Crippen LogP contribution in [0.15, 0.2) is 35.3 Å². The number of nitrogens with one attached hydrogen (secondary N) is 3. The van der Waals surface area contributed by atoms with Gasteiger partial charge in [0.15, 0.2) is 5.96 Å². The van der Waals surface area contributed by atoms with Crippen LogP contribution in [0.2, 0.25) is 0 Å². The molecular weight excluding hydrogens is 304 g/mol. The third-order valence-electron chi connectivity index (χ3n) is 3.23. The third kappa shape index (κ3) is 9.15. The predicted molar refractivity (Wildman–Crippen MR) is 98.5 cm³/mol. The molecule has 0 aromatic heterocycles. The van der Waals surface area contributed by atoms with E-state index in [1.54, 1.807) is 0 Å². The monoisotopic (exact) mass is 334 g/mol. The van der Waals surface area contributed by atoms with Crippen molar-refractivity contribution in [2.45, 2.75) is 26.7 Å². The van der Waals surface area contributed by atoms with Crippen molar-refractivity contribution in [3.8, 4) is 0 Å². The van der Waals surface area contributed by atoms with Crippen LogP contribution in [0.4, 0.5) is 0 Å². The lowest BCUT2D eigenvalue weighted by molar-refractivity contribution is 0.0953. The summed E-state index contributed by atoms with van der Waals surface area (Å²) in [6.45, 7) is 8.47. The number of rotatable bonds is 11. The Balaban J connectivity index is 2.20. The van der Waals surface area contributed by atoms with Gasteiger partial charge in [0.25, 0.3) is 5.91 Å². The summed E-state index contributed by atoms with van der Waals surface area (Å²) < 4.78 is 5.31. The van der Waals surface area contributed by atoms with Crippen LogP contribution in [0, 0.1) is 0 Å². The summed E-state index contributed by atoms with van der Waals surface area (Å²) in [4.78, 5) is 16.4. The van der Waals surface area contributed by atoms with Gasteiger partial charge in [-0.15, -0.1) is 0 Å². The number of hydrogen-bond acceptors (Lipinski definition) is 3. The molecule has 1 amide bonds. The minimum Gasteiger partial charge on any atom is -0.382 e. The molecule has 3 N–H and O–H groups in total. The van der Waals surface area contributed by atoms with Crippen LogP contribution in [-0.2, 0) is 4.74 Å². The number of nitrogens with zero attached hydrogens (tertiary/aromatic N) is 1. The molecular formula is C18H30N4O2. The van der Waals surface area contributed by atoms with Gasteiger partial charge in [-0.05, 0) is 38.8 Å². The first-order valence-corrected chi connectivity index (χ1v) is 8.71. The summed E-state index contributed by atoms with van der Waals surface area (Å²) in [5.41, 5.74) is 0.685. The third-order valence-corrected chi connectivity index (χ3v) is 3.23. The van der Waals surface area contributed by atoms with Gasteiger partial charge in [0, 0.05) is 45.0 Å². The maximum absolute atomic E-state index is 11.9. The minimum atomic E-state index is -0.0412. The summed E-state index contributed by atoms with van der Waals surface area (Å²) in [5, 5.41) is 9.39. The summed E-state index contributed by atoms with van der Waals surface area (Å²) in [6, 6.07) is 9.24. The normalized spacial score (nSPS) is 11.2. The van der Waals surface area contributed by atoms with Crippen LogP contribution >= 0.6 is 0 Å². The van der Waals surface area contributed by atoms with E-state index >= 15 is 0 Å². The Hall–Kier alpha value is -2.08. The van der Waals surface area contributed by atoms with Crippen LogP contribution in [0.1, 0.15) is 37.0 Å². The summed E-state index contributed by atoms with van der Waals surface area (Å²) >= 11 is 0. The van der Waals surface area contributed by atoms with Gasteiger partial charge in [0.2, 0.25) is 0 Å². The highest BCUT2D eigenvalue weighted by molar-refractivity contribution is 5.94. The highest BCUT2D eigenvalue weighted by atomic mass is 16.5. The summed E-state index contributed by atoms with van der Waals surface area (Å²) in [6.07, 6.45) is 1.75. The molecule has 0 radical (unpaired) electrons. The number of aliphatic imine (C=N–C) groups is 1. The highest BCUT2D eigenvalue weighted by Gasteiger charge is 2.02. The molecule has 0 atom stereocenters. The molecule has 1 rings (SSSR count). The van der Waals surface area contributed by atoms with E-state index in [0.29, 0.717) is 18.7 Å². The fourth-order valence-electron chi connectivity index (χ4n) is 2.03. The Morgan fingerprint density at radius 1 is 1.04 bits per heavy atom. The molecule has 24 heavy (non-hydrogen) atoms. The average molecular weight is 334 g/mol. The van der Waals surface area contributed by atoms with Gasteiger partial charge in [0.1, 0.15) is 0 Å². The number of ether oxygens (including phenoxy) is 1. The van der Waals surface area contributed by atoms with Gasteiger partial charge in [0.05, 0.1) is 0 Å². The Morgan fingerprint density at radius 3 is 2.50 bits per heavy atom. The summed E-state index contributed by atoms with van der Waals surface area (Å²) in [5.74, 6) is 0.768. The topological polar surface area (TPSA) is 74.8 Å². The number of benzene rings is 1. The smallest absolute Gasteiger partial charge is 0.251 e. The van der Waals surface area contributed by atoms with Gasteiger partial charge >= 0.3 is 0 Å². The van der Waals surface area contributed by atoms with Crippen LogP contribution in [0.3, 0.4) is 0 Å². The first kappa shape index (κ1) is 20.0. The molecule has 0 saturated heterocycles. The standard InChI is InChI=1S/C18H30N4O2/c1-3-19-18(22-14-9-15-24-4-2)21-13-8-12-20-17(23)16-10-6-5-7-11-16/h5-7,10-11H,3-4,8-9,12-15H2,1-2H3,(H,20,23)(H2,19,21,22). The van der Waals surface area contributed by atoms with Crippen LogP contribution in [-0.4, -0.2) is 51.3 Å². The molecule has 0 aliphatic rings. The largest absolute Gasteiger partial charge is 0.382 e. The molecule has 134 valence electrons. The van der Waals surface area contributed by atoms with E-state index in [9.17, 15) is 4.79 Å². The lowest BCUT2D eigenvalue weighted by Gasteiger charge is -2.11. The van der Waals surface area contributed by atoms with E-state index in [2.05, 4.69) is 20.9 Å². The van der Waals surface area contributed by atoms with Crippen molar-refractivity contribution in [3.63, 3.8) is 0 Å². The zero-order valence-electron chi connectivity index (χ0n) is 14.8. The number of carbonyl (C=O) groups is 1. The molecule has 0 bridgehead atoms. The Morgan fingerprint density at radius 2 is 1.79 bits per heavy atom. The summed E-state index contributed by atoms with van der Waals surface area (Å²) in [7, 11) is 0. The number of guanidine groups is 1. The number of amides is 1. The lowest BCUT2D eigenvalue weighted by atomic mass is 10.2. The molecule has 0 aliphatic carbocycles. The zero-order chi connectivity index (χ0) is 17.5. The average Bonchev–Trinajstić information content (AvgIpc) is 2.61. The van der Waals surface area contributed by atoms with E-state index < -0.39 is 0 Å². The number of hydrogen-bond donors (Lipinski definition) is 3. The van der Waals surface area contributed by atoms with Gasteiger partial charge in [-0.1, -0.05) is 18.2 Å². The van der Waals surface area contributed by atoms with Crippen LogP contribution in [0.5, 0.6) is 0 Å². The molecule has 0 spiro atoms. The van der Waals surface area contributed by atoms with E-state index in [1.165, 1.54) is 0 Å². The molecule has 6 heteroatoms. The molecule has 0 aliphatic heterocycles. The SMILES string of the molecule is CCNC(=NCCCNC(=O)c1ccccc1)NCCCOCC. The number of carbonyl (C=O) groups excluding carboxylic acids is 1. The van der Waals surface area contributed by atoms with Gasteiger partial charge in [-0.3, -0.25) is 9.79 Å². The fraction of sp³-hybridized carbons (Fsp3) is 0.556. The molecule has 1 aromatic rings. The molecule has 0 heterocycles. The van der Waals surface area contributed by atoms with Crippen molar-refractivity contribution in [1.82, 2.24) is 16.0 Å². The second-order valence-corrected chi connectivity index (χ2v) is 5.21. The van der Waals surface area contributed by atoms with Crippen molar-refractivity contribution in [2.24, 2.45) is 4.99 Å². The van der Waals surface area contributed by atoms with Crippen molar-refractivity contribution in [1.29, 1.82) is 0 Å². The molecule has 0 unspecified atom stereocenters. The van der Waals surface area contributed by atoms with E-state index in [1.807, 2.05) is 44.2 Å². The van der Waals surface area contributed by atoms with Crippen molar-refractivity contribution < 1.29 is 9.53 Å². The maximum Gasteiger partial charge on any atom is 0.251 e. The van der Waals surface area contributed by atoms with Crippen molar-refractivity contribution >= 4 is 11.9 Å². The highest BCUT2D eigenvalue weighted by Crippen LogP contribution is 1.97. The van der Waals surface area contributed by atoms with Crippen molar-refractivity contribution in [2.75, 3.05) is 39.4 Å². The Bertz CT molecular complexity index is 477. The zero-order valence-corrected chi connectivity index (χ0v) is 14.8. The van der Waals surface area contributed by atoms with Crippen LogP contribution < -0.4 is 16.0 Å². The molecule has 0 saturated carbocycles. The first-order valence-electron chi connectivity index (χ1n) is 8.71. The van der Waals surface area contributed by atoms with E-state index in [0.717, 1.165) is 45.1 Å². The second-order valence-electron chi connectivity index (χ2n) is 5.21. The molecule has 1 aromatic carbocycles. The Kier molecular flexibility index (Phi) is 11.1. The van der Waals surface area contributed by atoms with Gasteiger partial charge in [-0.2, -0.15) is 0 Å².